The van der Waals surface area contributed by atoms with Crippen molar-refractivity contribution in [3.8, 4) is 0 Å². The first kappa shape index (κ1) is 5.59. The van der Waals surface area contributed by atoms with Crippen molar-refractivity contribution in [1.29, 1.82) is 0 Å². The van der Waals surface area contributed by atoms with E-state index < -0.39 is 0 Å². The summed E-state index contributed by atoms with van der Waals surface area (Å²) >= 11 is 0. The maximum Gasteiger partial charge on any atom is 0.296 e. The molecule has 8 heavy (non-hydrogen) atoms. The summed E-state index contributed by atoms with van der Waals surface area (Å²) in [6, 6.07) is 0. The van der Waals surface area contributed by atoms with Crippen LogP contribution in [-0.2, 0) is 4.84 Å². The van der Waals surface area contributed by atoms with Gasteiger partial charge in [0, 0.05) is 7.05 Å². The zero-order chi connectivity index (χ0) is 6.20. The second kappa shape index (κ2) is 1.47. The molecule has 1 aliphatic heterocycles. The van der Waals surface area contributed by atoms with Crippen molar-refractivity contribution in [1.82, 2.24) is 5.32 Å². The van der Waals surface area contributed by atoms with Gasteiger partial charge in [0.1, 0.15) is 7.05 Å². The Kier molecular flexibility index (Phi) is 1.03. The lowest BCUT2D eigenvalue weighted by Gasteiger charge is -2.06. The lowest BCUT2D eigenvalue weighted by Crippen LogP contribution is -2.24. The summed E-state index contributed by atoms with van der Waals surface area (Å²) in [5.41, 5.74) is 0. The Labute approximate surface area is 49.1 Å². The van der Waals surface area contributed by atoms with Crippen molar-refractivity contribution in [3.63, 3.8) is 0 Å². The van der Waals surface area contributed by atoms with Gasteiger partial charge in [-0.3, -0.25) is 0 Å². The highest BCUT2D eigenvalue weighted by atomic mass is 16.7. The minimum Gasteiger partial charge on any atom is -0.337 e. The van der Waals surface area contributed by atoms with Gasteiger partial charge in [0.25, 0.3) is 5.82 Å². The van der Waals surface area contributed by atoms with Crippen LogP contribution in [0.15, 0.2) is 12.0 Å². The van der Waals surface area contributed by atoms with E-state index in [1.807, 2.05) is 20.3 Å². The van der Waals surface area contributed by atoms with Crippen molar-refractivity contribution in [2.75, 3.05) is 21.2 Å². The van der Waals surface area contributed by atoms with E-state index in [4.69, 9.17) is 4.84 Å². The largest absolute Gasteiger partial charge is 0.337 e. The van der Waals surface area contributed by atoms with Gasteiger partial charge >= 0.3 is 0 Å². The van der Waals surface area contributed by atoms with Gasteiger partial charge in [-0.15, -0.1) is 0 Å². The quantitative estimate of drug-likeness (QED) is 0.512. The lowest BCUT2D eigenvalue weighted by atomic mass is 10.9. The van der Waals surface area contributed by atoms with E-state index in [9.17, 15) is 0 Å². The zero-order valence-electron chi connectivity index (χ0n) is 5.43. The molecule has 0 bridgehead atoms. The maximum absolute atomic E-state index is 5.03. The summed E-state index contributed by atoms with van der Waals surface area (Å²) in [7, 11) is 5.53. The second-order valence-electron chi connectivity index (χ2n) is 1.94. The molecule has 0 radical (unpaired) electrons. The summed E-state index contributed by atoms with van der Waals surface area (Å²) in [6.07, 6.45) is 1.99. The van der Waals surface area contributed by atoms with E-state index in [2.05, 4.69) is 5.32 Å². The van der Waals surface area contributed by atoms with Crippen molar-refractivity contribution in [2.24, 2.45) is 0 Å². The molecule has 3 nitrogen and oxygen atoms in total. The Bertz CT molecular complexity index is 132. The minimum atomic E-state index is 0.510. The van der Waals surface area contributed by atoms with Crippen LogP contribution in [0.5, 0.6) is 0 Å². The van der Waals surface area contributed by atoms with Crippen LogP contribution in [0.1, 0.15) is 0 Å². The second-order valence-corrected chi connectivity index (χ2v) is 1.94. The predicted octanol–water partition coefficient (Wildman–Crippen LogP) is 0.0263. The molecule has 0 spiro atoms. The first-order valence-electron chi connectivity index (χ1n) is 2.56. The monoisotopic (exact) mass is 115 g/mol. The molecule has 0 fully saturated rings. The molecule has 1 unspecified atom stereocenters. The molecule has 0 saturated heterocycles. The van der Waals surface area contributed by atoms with Gasteiger partial charge in [0.2, 0.25) is 6.20 Å². The van der Waals surface area contributed by atoms with Crippen LogP contribution in [0.2, 0.25) is 0 Å². The molecular weight excluding hydrogens is 104 g/mol. The van der Waals surface area contributed by atoms with Crippen LogP contribution in [0.3, 0.4) is 0 Å². The number of rotatable bonds is 2. The highest BCUT2D eigenvalue weighted by molar-refractivity contribution is 4.96. The molecule has 46 valence electrons. The van der Waals surface area contributed by atoms with Gasteiger partial charge in [-0.05, 0) is 0 Å². The van der Waals surface area contributed by atoms with E-state index in [1.54, 1.807) is 7.11 Å². The summed E-state index contributed by atoms with van der Waals surface area (Å²) in [4.78, 5) is 5.03. The molecule has 1 N–H and O–H groups in total. The Morgan fingerprint density at radius 1 is 1.75 bits per heavy atom. The molecule has 0 amide bonds. The van der Waals surface area contributed by atoms with Crippen LogP contribution in [0, 0.1) is 0 Å². The average molecular weight is 115 g/mol. The Morgan fingerprint density at radius 2 is 2.38 bits per heavy atom. The zero-order valence-corrected chi connectivity index (χ0v) is 5.43. The number of hydroxylamine groups is 3. The van der Waals surface area contributed by atoms with Crippen LogP contribution < -0.4 is 5.32 Å². The van der Waals surface area contributed by atoms with Gasteiger partial charge in [-0.25, -0.2) is 0 Å². The molecule has 1 atom stereocenters. The van der Waals surface area contributed by atoms with Gasteiger partial charge in [0.15, 0.2) is 0 Å². The van der Waals surface area contributed by atoms with Crippen molar-refractivity contribution in [3.05, 3.63) is 12.0 Å². The van der Waals surface area contributed by atoms with Gasteiger partial charge in [-0.1, -0.05) is 4.65 Å². The van der Waals surface area contributed by atoms with E-state index in [0.717, 1.165) is 5.82 Å². The third-order valence-electron chi connectivity index (χ3n) is 1.41. The fraction of sp³-hybridized carbons (Fsp3) is 0.600. The molecule has 3 heteroatoms. The summed E-state index contributed by atoms with van der Waals surface area (Å²) in [5, 5.41) is 2.99. The SMILES string of the molecule is CNC1=C[N+]1(C)OC. The highest BCUT2D eigenvalue weighted by Gasteiger charge is 2.43. The number of quaternary nitrogens is 1. The van der Waals surface area contributed by atoms with Gasteiger partial charge in [0.05, 0.1) is 7.11 Å². The third kappa shape index (κ3) is 0.599. The normalized spacial score (nSPS) is 34.1. The van der Waals surface area contributed by atoms with Crippen LogP contribution in [-0.4, -0.2) is 25.9 Å². The van der Waals surface area contributed by atoms with Gasteiger partial charge in [-0.2, -0.15) is 4.84 Å². The summed E-state index contributed by atoms with van der Waals surface area (Å²) < 4.78 is 0.510. The van der Waals surface area contributed by atoms with Gasteiger partial charge < -0.3 is 5.32 Å². The Morgan fingerprint density at radius 3 is 2.50 bits per heavy atom. The van der Waals surface area contributed by atoms with E-state index in [-0.39, 0.29) is 0 Å². The number of nitrogens with zero attached hydrogens (tertiary/aromatic N) is 1. The maximum atomic E-state index is 5.03. The third-order valence-corrected chi connectivity index (χ3v) is 1.41. The smallest absolute Gasteiger partial charge is 0.296 e. The van der Waals surface area contributed by atoms with E-state index >= 15 is 0 Å². The molecule has 0 aromatic rings. The molecule has 0 aliphatic carbocycles. The van der Waals surface area contributed by atoms with Crippen molar-refractivity contribution < 1.29 is 9.48 Å². The van der Waals surface area contributed by atoms with Crippen molar-refractivity contribution >= 4 is 0 Å². The standard InChI is InChI=1S/C5H11N2O/c1-6-5-4-7(5,2)8-3/h4,6H,1-3H3/q+1. The van der Waals surface area contributed by atoms with Crippen LogP contribution in [0.25, 0.3) is 0 Å². The fourth-order valence-electron chi connectivity index (χ4n) is 0.642. The number of nitrogens with one attached hydrogen (secondary N) is 1. The number of hydrogen-bond acceptors (Lipinski definition) is 2. The molecule has 0 saturated carbocycles. The van der Waals surface area contributed by atoms with Crippen molar-refractivity contribution in [2.45, 2.75) is 0 Å². The average Bonchev–Trinajstić information content (AvgIpc) is 2.44. The Hall–Kier alpha value is -0.540. The number of hydrogen-bond donors (Lipinski definition) is 1. The molecule has 1 aliphatic rings. The molecular formula is C5H11N2O+. The van der Waals surface area contributed by atoms with E-state index in [1.165, 1.54) is 0 Å². The fourth-order valence-corrected chi connectivity index (χ4v) is 0.642. The highest BCUT2D eigenvalue weighted by Crippen LogP contribution is 2.27. The van der Waals surface area contributed by atoms with E-state index in [0.29, 0.717) is 4.65 Å². The summed E-state index contributed by atoms with van der Waals surface area (Å²) in [6.45, 7) is 0. The lowest BCUT2D eigenvalue weighted by molar-refractivity contribution is -0.968. The topological polar surface area (TPSA) is 21.3 Å². The molecule has 0 aromatic heterocycles. The first-order valence-corrected chi connectivity index (χ1v) is 2.56. The minimum absolute atomic E-state index is 0.510. The predicted molar refractivity (Wildman–Crippen MR) is 30.3 cm³/mol. The first-order chi connectivity index (χ1) is 3.73. The molecule has 0 aromatic carbocycles. The summed E-state index contributed by atoms with van der Waals surface area (Å²) in [5.74, 6) is 1.12. The molecule has 1 heterocycles. The van der Waals surface area contributed by atoms with Crippen LogP contribution >= 0.6 is 0 Å². The Balaban J connectivity index is 2.38. The van der Waals surface area contributed by atoms with Crippen LogP contribution in [0.4, 0.5) is 0 Å². The molecule has 1 rings (SSSR count).